The number of rotatable bonds is 19. The maximum atomic E-state index is 11.4. The van der Waals surface area contributed by atoms with Crippen LogP contribution in [0.3, 0.4) is 0 Å². The molecule has 0 bridgehead atoms. The van der Waals surface area contributed by atoms with Gasteiger partial charge in [-0.05, 0) is 25.7 Å². The summed E-state index contributed by atoms with van der Waals surface area (Å²) in [6.07, 6.45) is 19.2. The highest BCUT2D eigenvalue weighted by molar-refractivity contribution is 5.69. The molecular weight excluding hydrogens is 312 g/mol. The average Bonchev–Trinajstić information content (AvgIpc) is 2.60. The minimum atomic E-state index is -0.0692. The second kappa shape index (κ2) is 19.8. The molecule has 0 aromatic carbocycles. The molecule has 0 aliphatic heterocycles. The molecule has 1 atom stereocenters. The van der Waals surface area contributed by atoms with Crippen LogP contribution in [0.15, 0.2) is 0 Å². The van der Waals surface area contributed by atoms with Gasteiger partial charge in [0.1, 0.15) is 0 Å². The lowest BCUT2D eigenvalue weighted by molar-refractivity contribution is -0.143. The molecule has 0 spiro atoms. The molecule has 0 rings (SSSR count). The lowest BCUT2D eigenvalue weighted by atomic mass is 10.0. The molecule has 3 heteroatoms. The molecule has 0 amide bonds. The average molecular weight is 357 g/mol. The smallest absolute Gasteiger partial charge is 0.305 e. The molecule has 0 aliphatic rings. The van der Waals surface area contributed by atoms with Crippen LogP contribution in [0, 0.1) is 0 Å². The van der Waals surface area contributed by atoms with Crippen LogP contribution in [0.5, 0.6) is 0 Å². The Kier molecular flexibility index (Phi) is 19.3. The first-order valence-corrected chi connectivity index (χ1v) is 11.0. The number of hydrogen-bond donors (Lipinski definition) is 1. The van der Waals surface area contributed by atoms with Crippen LogP contribution < -0.4 is 0 Å². The molecule has 25 heavy (non-hydrogen) atoms. The Morgan fingerprint density at radius 3 is 1.76 bits per heavy atom. The summed E-state index contributed by atoms with van der Waals surface area (Å²) in [5, 5.41) is 9.87. The summed E-state index contributed by atoms with van der Waals surface area (Å²) < 4.78 is 5.15. The van der Waals surface area contributed by atoms with Crippen molar-refractivity contribution in [2.45, 2.75) is 129 Å². The molecular formula is C22H44O3. The monoisotopic (exact) mass is 356 g/mol. The van der Waals surface area contributed by atoms with Crippen molar-refractivity contribution in [1.82, 2.24) is 0 Å². The SMILES string of the molecule is CCCCCC(O)CCCCCCCCCCCC(=O)OCCCC. The number of hydrogen-bond acceptors (Lipinski definition) is 3. The zero-order valence-corrected chi connectivity index (χ0v) is 17.1. The Hall–Kier alpha value is -0.570. The van der Waals surface area contributed by atoms with E-state index in [2.05, 4.69) is 13.8 Å². The lowest BCUT2D eigenvalue weighted by Gasteiger charge is -2.09. The Morgan fingerprint density at radius 1 is 0.720 bits per heavy atom. The molecule has 0 saturated heterocycles. The molecule has 0 aromatic heterocycles. The largest absolute Gasteiger partial charge is 0.466 e. The van der Waals surface area contributed by atoms with Crippen LogP contribution >= 0.6 is 0 Å². The van der Waals surface area contributed by atoms with Crippen molar-refractivity contribution in [2.75, 3.05) is 6.61 Å². The molecule has 0 fully saturated rings. The summed E-state index contributed by atoms with van der Waals surface area (Å²) in [4.78, 5) is 11.4. The second-order valence-corrected chi connectivity index (χ2v) is 7.44. The predicted octanol–water partition coefficient (Wildman–Crippen LogP) is 6.56. The van der Waals surface area contributed by atoms with Crippen LogP contribution in [0.2, 0.25) is 0 Å². The Bertz CT molecular complexity index is 278. The fourth-order valence-electron chi connectivity index (χ4n) is 3.06. The minimum Gasteiger partial charge on any atom is -0.466 e. The number of aliphatic hydroxyl groups excluding tert-OH is 1. The molecule has 3 nitrogen and oxygen atoms in total. The zero-order valence-electron chi connectivity index (χ0n) is 17.1. The van der Waals surface area contributed by atoms with Crippen LogP contribution in [-0.4, -0.2) is 23.8 Å². The predicted molar refractivity (Wildman–Crippen MR) is 107 cm³/mol. The van der Waals surface area contributed by atoms with Gasteiger partial charge in [0.05, 0.1) is 12.7 Å². The van der Waals surface area contributed by atoms with Crippen molar-refractivity contribution in [2.24, 2.45) is 0 Å². The summed E-state index contributed by atoms with van der Waals surface area (Å²) >= 11 is 0. The Morgan fingerprint density at radius 2 is 1.20 bits per heavy atom. The molecule has 150 valence electrons. The Labute approximate surface area is 156 Å². The first-order chi connectivity index (χ1) is 12.2. The van der Waals surface area contributed by atoms with Gasteiger partial charge < -0.3 is 9.84 Å². The van der Waals surface area contributed by atoms with Gasteiger partial charge in [0.25, 0.3) is 0 Å². The van der Waals surface area contributed by atoms with E-state index in [0.29, 0.717) is 13.0 Å². The lowest BCUT2D eigenvalue weighted by Crippen LogP contribution is -2.05. The standard InChI is InChI=1S/C22H44O3/c1-3-5-14-17-21(23)18-15-12-10-8-7-9-11-13-16-19-22(24)25-20-6-4-2/h21,23H,3-20H2,1-2H3. The van der Waals surface area contributed by atoms with Crippen molar-refractivity contribution < 1.29 is 14.6 Å². The van der Waals surface area contributed by atoms with Crippen LogP contribution in [-0.2, 0) is 9.53 Å². The highest BCUT2D eigenvalue weighted by Gasteiger charge is 2.03. The van der Waals surface area contributed by atoms with Gasteiger partial charge in [-0.2, -0.15) is 0 Å². The molecule has 0 saturated carbocycles. The van der Waals surface area contributed by atoms with Gasteiger partial charge in [-0.25, -0.2) is 0 Å². The number of carbonyl (C=O) groups excluding carboxylic acids is 1. The Balaban J connectivity index is 3.17. The van der Waals surface area contributed by atoms with E-state index >= 15 is 0 Å². The zero-order chi connectivity index (χ0) is 18.6. The van der Waals surface area contributed by atoms with Gasteiger partial charge in [0, 0.05) is 6.42 Å². The summed E-state index contributed by atoms with van der Waals surface area (Å²) in [6, 6.07) is 0. The van der Waals surface area contributed by atoms with E-state index in [1.54, 1.807) is 0 Å². The first-order valence-electron chi connectivity index (χ1n) is 11.0. The van der Waals surface area contributed by atoms with Crippen LogP contribution in [0.25, 0.3) is 0 Å². The summed E-state index contributed by atoms with van der Waals surface area (Å²) in [5.74, 6) is -0.0228. The first kappa shape index (κ1) is 24.4. The van der Waals surface area contributed by atoms with E-state index in [4.69, 9.17) is 4.74 Å². The van der Waals surface area contributed by atoms with Crippen molar-refractivity contribution in [1.29, 1.82) is 0 Å². The summed E-state index contributed by atoms with van der Waals surface area (Å²) in [7, 11) is 0. The molecule has 1 unspecified atom stereocenters. The molecule has 0 radical (unpaired) electrons. The van der Waals surface area contributed by atoms with Gasteiger partial charge in [-0.1, -0.05) is 90.9 Å². The number of esters is 1. The fraction of sp³-hybridized carbons (Fsp3) is 0.955. The van der Waals surface area contributed by atoms with Crippen molar-refractivity contribution in [3.05, 3.63) is 0 Å². The van der Waals surface area contributed by atoms with Gasteiger partial charge >= 0.3 is 5.97 Å². The molecule has 1 N–H and O–H groups in total. The summed E-state index contributed by atoms with van der Waals surface area (Å²) in [6.45, 7) is 4.89. The van der Waals surface area contributed by atoms with Gasteiger partial charge in [0.15, 0.2) is 0 Å². The summed E-state index contributed by atoms with van der Waals surface area (Å²) in [5.41, 5.74) is 0. The van der Waals surface area contributed by atoms with E-state index in [1.165, 1.54) is 64.2 Å². The van der Waals surface area contributed by atoms with E-state index in [-0.39, 0.29) is 12.1 Å². The maximum absolute atomic E-state index is 11.4. The van der Waals surface area contributed by atoms with Gasteiger partial charge in [0.2, 0.25) is 0 Å². The van der Waals surface area contributed by atoms with Crippen molar-refractivity contribution in [3.63, 3.8) is 0 Å². The molecule has 0 aromatic rings. The van der Waals surface area contributed by atoms with Crippen molar-refractivity contribution in [3.8, 4) is 0 Å². The third-order valence-corrected chi connectivity index (χ3v) is 4.82. The normalized spacial score (nSPS) is 12.3. The van der Waals surface area contributed by atoms with Crippen LogP contribution in [0.1, 0.15) is 123 Å². The molecule has 0 aliphatic carbocycles. The third kappa shape index (κ3) is 19.6. The van der Waals surface area contributed by atoms with Gasteiger partial charge in [-0.3, -0.25) is 4.79 Å². The maximum Gasteiger partial charge on any atom is 0.305 e. The van der Waals surface area contributed by atoms with Gasteiger partial charge in [-0.15, -0.1) is 0 Å². The number of carbonyl (C=O) groups is 1. The van der Waals surface area contributed by atoms with Crippen LogP contribution in [0.4, 0.5) is 0 Å². The number of aliphatic hydroxyl groups is 1. The fourth-order valence-corrected chi connectivity index (χ4v) is 3.06. The minimum absolute atomic E-state index is 0.0228. The van der Waals surface area contributed by atoms with E-state index in [1.807, 2.05) is 0 Å². The molecule has 0 heterocycles. The van der Waals surface area contributed by atoms with E-state index in [0.717, 1.165) is 38.5 Å². The van der Waals surface area contributed by atoms with Crippen molar-refractivity contribution >= 4 is 5.97 Å². The third-order valence-electron chi connectivity index (χ3n) is 4.82. The number of ether oxygens (including phenoxy) is 1. The highest BCUT2D eigenvalue weighted by Crippen LogP contribution is 2.14. The quantitative estimate of drug-likeness (QED) is 0.210. The van der Waals surface area contributed by atoms with E-state index < -0.39 is 0 Å². The topological polar surface area (TPSA) is 46.5 Å². The second-order valence-electron chi connectivity index (χ2n) is 7.44. The number of unbranched alkanes of at least 4 members (excludes halogenated alkanes) is 11. The highest BCUT2D eigenvalue weighted by atomic mass is 16.5. The van der Waals surface area contributed by atoms with E-state index in [9.17, 15) is 9.90 Å².